The Balaban J connectivity index is 1.63. The molecule has 34 heavy (non-hydrogen) atoms. The molecule has 4 rings (SSSR count). The summed E-state index contributed by atoms with van der Waals surface area (Å²) in [6.45, 7) is 3.82. The van der Waals surface area contributed by atoms with Gasteiger partial charge in [0, 0.05) is 5.56 Å². The van der Waals surface area contributed by atoms with Gasteiger partial charge < -0.3 is 0 Å². The lowest BCUT2D eigenvalue weighted by Crippen LogP contribution is -2.13. The first-order chi connectivity index (χ1) is 16.2. The second-order valence-electron chi connectivity index (χ2n) is 8.68. The zero-order valence-corrected chi connectivity index (χ0v) is 18.3. The minimum absolute atomic E-state index is 0.278. The fourth-order valence-electron chi connectivity index (χ4n) is 4.71. The Labute approximate surface area is 194 Å². The normalized spacial score (nSPS) is 18.4. The van der Waals surface area contributed by atoms with Crippen molar-refractivity contribution in [3.05, 3.63) is 94.8 Å². The van der Waals surface area contributed by atoms with Crippen LogP contribution in [0.2, 0.25) is 0 Å². The molecule has 0 N–H and O–H groups in total. The molecule has 3 aromatic carbocycles. The quantitative estimate of drug-likeness (QED) is 0.155. The van der Waals surface area contributed by atoms with Gasteiger partial charge in [-0.15, -0.1) is 6.58 Å². The highest BCUT2D eigenvalue weighted by Crippen LogP contribution is 2.38. The van der Waals surface area contributed by atoms with Crippen LogP contribution in [0.4, 0.5) is 26.3 Å². The van der Waals surface area contributed by atoms with Crippen LogP contribution in [0.5, 0.6) is 0 Å². The molecule has 0 radical (unpaired) electrons. The molecule has 0 amide bonds. The zero-order chi connectivity index (χ0) is 24.5. The van der Waals surface area contributed by atoms with Gasteiger partial charge in [-0.1, -0.05) is 48.2 Å². The number of hydrogen-bond acceptors (Lipinski definition) is 0. The highest BCUT2D eigenvalue weighted by atomic mass is 19.4. The maximum Gasteiger partial charge on any atom is 0.422 e. The summed E-state index contributed by atoms with van der Waals surface area (Å²) in [5.74, 6) is 0.0998. The molecule has 0 bridgehead atoms. The Morgan fingerprint density at radius 2 is 1.59 bits per heavy atom. The van der Waals surface area contributed by atoms with E-state index in [9.17, 15) is 26.3 Å². The second kappa shape index (κ2) is 9.58. The van der Waals surface area contributed by atoms with E-state index >= 15 is 0 Å². The van der Waals surface area contributed by atoms with Crippen LogP contribution in [-0.4, -0.2) is 0 Å². The lowest BCUT2D eigenvalue weighted by atomic mass is 9.77. The van der Waals surface area contributed by atoms with Crippen LogP contribution in [0.1, 0.15) is 60.3 Å². The van der Waals surface area contributed by atoms with E-state index in [1.54, 1.807) is 12.1 Å². The number of rotatable bonds is 3. The van der Waals surface area contributed by atoms with Crippen molar-refractivity contribution in [1.29, 1.82) is 0 Å². The Kier molecular flexibility index (Phi) is 6.74. The highest BCUT2D eigenvalue weighted by molar-refractivity contribution is 5.89. The third-order valence-electron chi connectivity index (χ3n) is 6.50. The van der Waals surface area contributed by atoms with Crippen LogP contribution < -0.4 is 0 Å². The molecule has 0 aliphatic heterocycles. The van der Waals surface area contributed by atoms with Gasteiger partial charge >= 0.3 is 6.18 Å². The third kappa shape index (κ3) is 4.84. The third-order valence-corrected chi connectivity index (χ3v) is 6.50. The van der Waals surface area contributed by atoms with E-state index in [-0.39, 0.29) is 6.07 Å². The van der Waals surface area contributed by atoms with Crippen molar-refractivity contribution in [1.82, 2.24) is 0 Å². The van der Waals surface area contributed by atoms with Crippen molar-refractivity contribution in [2.45, 2.75) is 44.2 Å². The molecular weight excluding hydrogens is 450 g/mol. The van der Waals surface area contributed by atoms with Crippen LogP contribution >= 0.6 is 0 Å². The SMILES string of the molecule is C=CCC1CCC(c2ccc3c(C#Cc4cc(F)c(C(F)(F)F)c(F)c4F)cccc3c2)CC1. The fourth-order valence-corrected chi connectivity index (χ4v) is 4.71. The van der Waals surface area contributed by atoms with Crippen molar-refractivity contribution in [2.75, 3.05) is 0 Å². The average Bonchev–Trinajstić information content (AvgIpc) is 2.80. The molecule has 0 heterocycles. The maximum atomic E-state index is 14.2. The van der Waals surface area contributed by atoms with Gasteiger partial charge in [-0.3, -0.25) is 0 Å². The molecule has 176 valence electrons. The lowest BCUT2D eigenvalue weighted by molar-refractivity contribution is -0.142. The first-order valence-electron chi connectivity index (χ1n) is 11.1. The monoisotopic (exact) mass is 472 g/mol. The number of fused-ring (bicyclic) bond motifs is 1. The van der Waals surface area contributed by atoms with E-state index in [0.717, 1.165) is 42.9 Å². The van der Waals surface area contributed by atoms with Gasteiger partial charge in [-0.05, 0) is 72.4 Å². The van der Waals surface area contributed by atoms with E-state index in [1.165, 1.54) is 5.56 Å². The van der Waals surface area contributed by atoms with Crippen molar-refractivity contribution in [2.24, 2.45) is 5.92 Å². The summed E-state index contributed by atoms with van der Waals surface area (Å²) in [7, 11) is 0. The molecule has 0 unspecified atom stereocenters. The van der Waals surface area contributed by atoms with E-state index in [4.69, 9.17) is 0 Å². The standard InChI is InChI=1S/C28H22F6/c1-2-4-17-7-9-18(10-8-17)20-13-14-23-19(5-3-6-21(23)15-20)11-12-22-16-24(29)25(28(32,33)34)27(31)26(22)30/h2-3,5-6,13-18H,1,4,7-10H2. The Morgan fingerprint density at radius 1 is 0.882 bits per heavy atom. The second-order valence-corrected chi connectivity index (χ2v) is 8.68. The smallest absolute Gasteiger partial charge is 0.206 e. The summed E-state index contributed by atoms with van der Waals surface area (Å²) >= 11 is 0. The van der Waals surface area contributed by atoms with Gasteiger partial charge in [-0.2, -0.15) is 13.2 Å². The molecule has 0 atom stereocenters. The summed E-state index contributed by atoms with van der Waals surface area (Å²) in [5.41, 5.74) is -1.31. The molecule has 1 aliphatic rings. The van der Waals surface area contributed by atoms with Gasteiger partial charge in [0.15, 0.2) is 11.6 Å². The van der Waals surface area contributed by atoms with E-state index in [1.807, 2.05) is 24.3 Å². The molecule has 1 fully saturated rings. The van der Waals surface area contributed by atoms with Crippen LogP contribution in [0.3, 0.4) is 0 Å². The summed E-state index contributed by atoms with van der Waals surface area (Å²) in [5, 5.41) is 1.69. The molecule has 1 aliphatic carbocycles. The first-order valence-corrected chi connectivity index (χ1v) is 11.1. The van der Waals surface area contributed by atoms with Gasteiger partial charge in [0.1, 0.15) is 11.4 Å². The highest BCUT2D eigenvalue weighted by Gasteiger charge is 2.39. The van der Waals surface area contributed by atoms with Crippen LogP contribution in [0.15, 0.2) is 55.1 Å². The Hall–Kier alpha value is -3.20. The van der Waals surface area contributed by atoms with Gasteiger partial charge in [0.25, 0.3) is 0 Å². The van der Waals surface area contributed by atoms with Crippen molar-refractivity contribution in [3.8, 4) is 11.8 Å². The lowest BCUT2D eigenvalue weighted by Gasteiger charge is -2.28. The molecule has 0 saturated heterocycles. The molecular formula is C28H22F6. The summed E-state index contributed by atoms with van der Waals surface area (Å²) in [4.78, 5) is 0. The number of halogens is 6. The first kappa shape index (κ1) is 23.9. The number of alkyl halides is 3. The number of benzene rings is 3. The molecule has 6 heteroatoms. The fraction of sp³-hybridized carbons (Fsp3) is 0.286. The van der Waals surface area contributed by atoms with E-state index in [2.05, 4.69) is 24.5 Å². The molecule has 0 aromatic heterocycles. The van der Waals surface area contributed by atoms with Gasteiger partial charge in [0.2, 0.25) is 0 Å². The van der Waals surface area contributed by atoms with Gasteiger partial charge in [0.05, 0.1) is 5.56 Å². The van der Waals surface area contributed by atoms with Crippen molar-refractivity contribution >= 4 is 10.8 Å². The summed E-state index contributed by atoms with van der Waals surface area (Å²) in [6.07, 6.45) is 2.20. The van der Waals surface area contributed by atoms with Crippen molar-refractivity contribution < 1.29 is 26.3 Å². The van der Waals surface area contributed by atoms with Crippen LogP contribution in [0.25, 0.3) is 10.8 Å². The Morgan fingerprint density at radius 3 is 2.26 bits per heavy atom. The van der Waals surface area contributed by atoms with E-state index in [0.29, 0.717) is 17.4 Å². The zero-order valence-electron chi connectivity index (χ0n) is 18.3. The molecule has 1 saturated carbocycles. The van der Waals surface area contributed by atoms with E-state index < -0.39 is 34.8 Å². The number of hydrogen-bond donors (Lipinski definition) is 0. The van der Waals surface area contributed by atoms with Crippen LogP contribution in [-0.2, 0) is 6.18 Å². The predicted molar refractivity (Wildman–Crippen MR) is 121 cm³/mol. The Bertz CT molecular complexity index is 1280. The van der Waals surface area contributed by atoms with Gasteiger partial charge in [-0.25, -0.2) is 13.2 Å². The predicted octanol–water partition coefficient (Wildman–Crippen LogP) is 8.53. The summed E-state index contributed by atoms with van der Waals surface area (Å²) in [6, 6.07) is 11.7. The van der Waals surface area contributed by atoms with Crippen molar-refractivity contribution in [3.63, 3.8) is 0 Å². The molecule has 0 spiro atoms. The summed E-state index contributed by atoms with van der Waals surface area (Å²) < 4.78 is 80.2. The minimum Gasteiger partial charge on any atom is -0.206 e. The van der Waals surface area contributed by atoms with Crippen LogP contribution in [0, 0.1) is 35.2 Å². The topological polar surface area (TPSA) is 0 Å². The molecule has 3 aromatic rings. The molecule has 0 nitrogen and oxygen atoms in total. The largest absolute Gasteiger partial charge is 0.422 e. The minimum atomic E-state index is -5.35. The average molecular weight is 472 g/mol. The number of allylic oxidation sites excluding steroid dienone is 1. The maximum absolute atomic E-state index is 14.2.